The first kappa shape index (κ1) is 60.1. The second-order valence-corrected chi connectivity index (χ2v) is 24.2. The van der Waals surface area contributed by atoms with Crippen molar-refractivity contribution in [3.05, 3.63) is 34.9 Å². The Morgan fingerprint density at radius 1 is 0.592 bits per heavy atom. The van der Waals surface area contributed by atoms with E-state index in [2.05, 4.69) is 33.8 Å². The smallest absolute Gasteiger partial charge is 0.333 e. The van der Waals surface area contributed by atoms with E-state index in [0.717, 1.165) is 18.9 Å². The summed E-state index contributed by atoms with van der Waals surface area (Å²) in [5.41, 5.74) is -3.11. The zero-order valence-electron chi connectivity index (χ0n) is 47.9. The molecule has 424 valence electrons. The lowest BCUT2D eigenvalue weighted by Crippen LogP contribution is -2.74. The van der Waals surface area contributed by atoms with Crippen molar-refractivity contribution >= 4 is 47.8 Å². The molecule has 1 heterocycles. The summed E-state index contributed by atoms with van der Waals surface area (Å²) in [4.78, 5) is 106. The molecule has 5 fully saturated rings. The molecule has 18 nitrogen and oxygen atoms in total. The van der Waals surface area contributed by atoms with Crippen LogP contribution in [0.3, 0.4) is 0 Å². The Morgan fingerprint density at radius 3 is 1.67 bits per heavy atom. The molecule has 0 aromatic carbocycles. The van der Waals surface area contributed by atoms with Crippen molar-refractivity contribution < 1.29 is 85.7 Å². The van der Waals surface area contributed by atoms with Crippen LogP contribution in [0.4, 0.5) is 0 Å². The molecule has 4 saturated carbocycles. The van der Waals surface area contributed by atoms with Crippen molar-refractivity contribution in [3.8, 4) is 0 Å². The Morgan fingerprint density at radius 2 is 1.13 bits per heavy atom. The van der Waals surface area contributed by atoms with Gasteiger partial charge in [0.15, 0.2) is 24.6 Å². The quantitative estimate of drug-likeness (QED) is 0.0523. The average molecular weight is 1070 g/mol. The molecule has 6 aliphatic rings. The Balaban J connectivity index is 1.52. The molecule has 0 aromatic heterocycles. The average Bonchev–Trinajstić information content (AvgIpc) is 3.31. The summed E-state index contributed by atoms with van der Waals surface area (Å²) in [7, 11) is 0. The maximum absolute atomic E-state index is 13.8. The van der Waals surface area contributed by atoms with Crippen molar-refractivity contribution in [2.75, 3.05) is 13.2 Å². The Kier molecular flexibility index (Phi) is 17.7. The highest BCUT2D eigenvalue weighted by atomic mass is 16.7. The standard InChI is InChI=1S/C58H84O18/c1-18-30(3)50(65)74-45-32(5)69-52(47(72-37(10)63)46(45)75-51(66)31(4)19-2)76-48-49(73-38(11)64)58(29-68-34(7)60)40(26-53(48,12)13)39-20-21-42-54(14)24-23-43(70-35(8)61)55(15,28-67-33(6)59)41(54)22-25-56(42,16)57(39,17)27-44(58)71-36(9)62/h18-20,32,40-49,52H,21-29H2,1-17H3. The molecule has 18 heteroatoms. The Labute approximate surface area is 448 Å². The third kappa shape index (κ3) is 10.9. The normalized spacial score (nSPS) is 39.6. The number of allylic oxidation sites excluding steroid dienone is 4. The maximum atomic E-state index is 13.8. The number of fused-ring (bicyclic) bond motifs is 7. The minimum atomic E-state index is -1.56. The highest BCUT2D eigenvalue weighted by Gasteiger charge is 2.75. The van der Waals surface area contributed by atoms with Crippen LogP contribution < -0.4 is 0 Å². The fourth-order valence-electron chi connectivity index (χ4n) is 15.1. The monoisotopic (exact) mass is 1070 g/mol. The lowest BCUT2D eigenvalue weighted by molar-refractivity contribution is -0.343. The van der Waals surface area contributed by atoms with Gasteiger partial charge < -0.3 is 47.4 Å². The molecule has 76 heavy (non-hydrogen) atoms. The van der Waals surface area contributed by atoms with Gasteiger partial charge in [0.25, 0.3) is 0 Å². The fraction of sp³-hybridized carbons (Fsp3) is 0.759. The molecule has 17 atom stereocenters. The van der Waals surface area contributed by atoms with Gasteiger partial charge in [-0.3, -0.25) is 28.8 Å². The summed E-state index contributed by atoms with van der Waals surface area (Å²) in [5.74, 6) is -5.60. The van der Waals surface area contributed by atoms with Crippen molar-refractivity contribution in [2.24, 2.45) is 50.2 Å². The SMILES string of the molecule is CC=C(C)C(=O)OC1C(C)OC(OC2C(OC(C)=O)C3(COC(C)=O)C(OC(C)=O)CC4(C)C(=CCC5C6(C)CCC(OC(C)=O)C(C)(COC(C)=O)C6CCC54C)C3CC2(C)C)C(OC(C)=O)C1OC(=O)C(C)=CC. The minimum absolute atomic E-state index is 0.0136. The van der Waals surface area contributed by atoms with Gasteiger partial charge in [-0.15, -0.1) is 0 Å². The van der Waals surface area contributed by atoms with Gasteiger partial charge in [-0.2, -0.15) is 0 Å². The van der Waals surface area contributed by atoms with Crippen LogP contribution in [0.15, 0.2) is 34.9 Å². The van der Waals surface area contributed by atoms with Crippen molar-refractivity contribution in [1.82, 2.24) is 0 Å². The van der Waals surface area contributed by atoms with E-state index < -0.39 is 136 Å². The Bertz CT molecular complexity index is 2400. The molecule has 0 spiro atoms. The number of esters is 8. The molecule has 0 amide bonds. The van der Waals surface area contributed by atoms with Crippen LogP contribution in [-0.4, -0.2) is 116 Å². The third-order valence-electron chi connectivity index (χ3n) is 19.1. The van der Waals surface area contributed by atoms with Crippen LogP contribution in [-0.2, 0) is 85.7 Å². The van der Waals surface area contributed by atoms with Crippen LogP contribution in [0.2, 0.25) is 0 Å². The topological polar surface area (TPSA) is 229 Å². The summed E-state index contributed by atoms with van der Waals surface area (Å²) in [6.07, 6.45) is -1.72. The summed E-state index contributed by atoms with van der Waals surface area (Å²) >= 11 is 0. The molecule has 17 unspecified atom stereocenters. The first-order chi connectivity index (χ1) is 35.3. The second-order valence-electron chi connectivity index (χ2n) is 24.2. The Hall–Kier alpha value is -5.10. The summed E-state index contributed by atoms with van der Waals surface area (Å²) in [6, 6.07) is 0. The first-order valence-electron chi connectivity index (χ1n) is 26.9. The van der Waals surface area contributed by atoms with Gasteiger partial charge in [0.05, 0.1) is 11.5 Å². The lowest BCUT2D eigenvalue weighted by atomic mass is 9.33. The van der Waals surface area contributed by atoms with Crippen molar-refractivity contribution in [2.45, 2.75) is 218 Å². The van der Waals surface area contributed by atoms with Gasteiger partial charge in [0.1, 0.15) is 37.6 Å². The molecule has 1 aliphatic heterocycles. The molecular formula is C58H84O18. The van der Waals surface area contributed by atoms with E-state index in [1.165, 1.54) is 34.6 Å². The van der Waals surface area contributed by atoms with Crippen LogP contribution >= 0.6 is 0 Å². The summed E-state index contributed by atoms with van der Waals surface area (Å²) < 4.78 is 62.6. The van der Waals surface area contributed by atoms with E-state index in [9.17, 15) is 38.4 Å². The lowest BCUT2D eigenvalue weighted by Gasteiger charge is -2.72. The molecule has 5 aliphatic carbocycles. The number of carbonyl (C=O) groups is 8. The van der Waals surface area contributed by atoms with Crippen LogP contribution in [0, 0.1) is 50.2 Å². The second kappa shape index (κ2) is 22.3. The van der Waals surface area contributed by atoms with Gasteiger partial charge in [0.2, 0.25) is 0 Å². The van der Waals surface area contributed by atoms with Gasteiger partial charge in [-0.05, 0) is 119 Å². The summed E-state index contributed by atoms with van der Waals surface area (Å²) in [5, 5.41) is 0. The fourth-order valence-corrected chi connectivity index (χ4v) is 15.1. The van der Waals surface area contributed by atoms with Gasteiger partial charge >= 0.3 is 47.8 Å². The van der Waals surface area contributed by atoms with Crippen LogP contribution in [0.25, 0.3) is 0 Å². The molecular weight excluding hydrogens is 985 g/mol. The van der Waals surface area contributed by atoms with E-state index in [4.69, 9.17) is 47.4 Å². The van der Waals surface area contributed by atoms with Gasteiger partial charge in [-0.1, -0.05) is 65.3 Å². The number of hydrogen-bond donors (Lipinski definition) is 0. The predicted octanol–water partition coefficient (Wildman–Crippen LogP) is 8.34. The number of rotatable bonds is 14. The van der Waals surface area contributed by atoms with E-state index >= 15 is 0 Å². The number of carbonyl (C=O) groups excluding carboxylic acids is 8. The molecule has 0 N–H and O–H groups in total. The summed E-state index contributed by atoms with van der Waals surface area (Å²) in [6.45, 7) is 28.4. The van der Waals surface area contributed by atoms with Crippen molar-refractivity contribution in [3.63, 3.8) is 0 Å². The maximum Gasteiger partial charge on any atom is 0.333 e. The minimum Gasteiger partial charge on any atom is -0.465 e. The molecule has 0 radical (unpaired) electrons. The van der Waals surface area contributed by atoms with Crippen LogP contribution in [0.5, 0.6) is 0 Å². The first-order valence-corrected chi connectivity index (χ1v) is 26.9. The van der Waals surface area contributed by atoms with Gasteiger partial charge in [-0.25, -0.2) is 9.59 Å². The van der Waals surface area contributed by atoms with E-state index in [1.807, 2.05) is 13.8 Å². The zero-order valence-corrected chi connectivity index (χ0v) is 47.9. The highest BCUT2D eigenvalue weighted by molar-refractivity contribution is 5.89. The van der Waals surface area contributed by atoms with Gasteiger partial charge in [0, 0.05) is 58.1 Å². The third-order valence-corrected chi connectivity index (χ3v) is 19.1. The number of hydrogen-bond acceptors (Lipinski definition) is 18. The molecule has 6 rings (SSSR count). The largest absolute Gasteiger partial charge is 0.465 e. The van der Waals surface area contributed by atoms with E-state index in [1.54, 1.807) is 46.8 Å². The molecule has 0 bridgehead atoms. The number of ether oxygens (including phenoxy) is 10. The van der Waals surface area contributed by atoms with E-state index in [-0.39, 0.29) is 48.0 Å². The zero-order chi connectivity index (χ0) is 56.8. The van der Waals surface area contributed by atoms with Crippen molar-refractivity contribution in [1.29, 1.82) is 0 Å². The van der Waals surface area contributed by atoms with E-state index in [0.29, 0.717) is 32.1 Å². The van der Waals surface area contributed by atoms with Crippen LogP contribution in [0.1, 0.15) is 163 Å². The molecule has 1 saturated heterocycles. The predicted molar refractivity (Wildman–Crippen MR) is 273 cm³/mol. The molecule has 0 aromatic rings. The highest BCUT2D eigenvalue weighted by Crippen LogP contribution is 2.76.